The van der Waals surface area contributed by atoms with Crippen molar-refractivity contribution in [2.45, 2.75) is 57.2 Å². The molecule has 3 unspecified atom stereocenters. The summed E-state index contributed by atoms with van der Waals surface area (Å²) in [6.07, 6.45) is 8.27. The molecule has 1 N–H and O–H groups in total. The molecule has 0 aromatic heterocycles. The molecule has 1 heterocycles. The van der Waals surface area contributed by atoms with E-state index >= 15 is 0 Å². The molecule has 0 radical (unpaired) electrons. The molecule has 0 amide bonds. The van der Waals surface area contributed by atoms with Crippen molar-refractivity contribution in [1.82, 2.24) is 5.32 Å². The lowest BCUT2D eigenvalue weighted by Crippen LogP contribution is -2.30. The van der Waals surface area contributed by atoms with Crippen molar-refractivity contribution in [2.75, 3.05) is 6.54 Å². The van der Waals surface area contributed by atoms with E-state index in [-0.39, 0.29) is 0 Å². The van der Waals surface area contributed by atoms with Crippen LogP contribution in [-0.4, -0.2) is 19.3 Å². The maximum absolute atomic E-state index is 6.14. The predicted molar refractivity (Wildman–Crippen MR) is 74.6 cm³/mol. The van der Waals surface area contributed by atoms with Gasteiger partial charge in [-0.3, -0.25) is 0 Å². The third kappa shape index (κ3) is 3.62. The predicted octanol–water partition coefficient (Wildman–Crippen LogP) is 4.09. The second-order valence-corrected chi connectivity index (χ2v) is 13.9. The fourth-order valence-corrected chi connectivity index (χ4v) is 5.05. The molecule has 1 nitrogen and oxygen atoms in total. The van der Waals surface area contributed by atoms with Crippen LogP contribution < -0.4 is 5.32 Å². The van der Waals surface area contributed by atoms with Gasteiger partial charge in [0.15, 0.2) is 0 Å². The highest BCUT2D eigenvalue weighted by Gasteiger charge is 2.36. The van der Waals surface area contributed by atoms with E-state index in [0.29, 0.717) is 0 Å². The topological polar surface area (TPSA) is 12.0 Å². The first-order valence-electron chi connectivity index (χ1n) is 6.67. The first-order chi connectivity index (χ1) is 7.56. The van der Waals surface area contributed by atoms with E-state index in [2.05, 4.69) is 5.32 Å². The highest BCUT2D eigenvalue weighted by Crippen LogP contribution is 2.37. The van der Waals surface area contributed by atoms with Gasteiger partial charge in [-0.15, -0.1) is 22.2 Å². The van der Waals surface area contributed by atoms with E-state index in [1.54, 1.807) is 0 Å². The van der Waals surface area contributed by atoms with Gasteiger partial charge in [-0.05, 0) is 50.2 Å². The molecule has 3 atom stereocenters. The monoisotopic (exact) mass is 279 g/mol. The van der Waals surface area contributed by atoms with Crippen LogP contribution in [0.1, 0.15) is 38.5 Å². The third-order valence-corrected chi connectivity index (χ3v) is 6.62. The Kier molecular flexibility index (Phi) is 4.62. The maximum atomic E-state index is 6.14. The SMILES string of the molecule is C[Si](Cl)(Cl)CCCC1CNC2CCCCC12. The van der Waals surface area contributed by atoms with Crippen LogP contribution in [0.3, 0.4) is 0 Å². The Bertz CT molecular complexity index is 230. The molecule has 0 bridgehead atoms. The van der Waals surface area contributed by atoms with E-state index in [0.717, 1.165) is 23.9 Å². The summed E-state index contributed by atoms with van der Waals surface area (Å²) in [6, 6.07) is 1.89. The van der Waals surface area contributed by atoms with Gasteiger partial charge in [-0.2, -0.15) is 0 Å². The minimum Gasteiger partial charge on any atom is -0.313 e. The summed E-state index contributed by atoms with van der Waals surface area (Å²) in [4.78, 5) is 0. The summed E-state index contributed by atoms with van der Waals surface area (Å²) in [7, 11) is 0. The molecule has 1 aliphatic heterocycles. The van der Waals surface area contributed by atoms with E-state index < -0.39 is 6.69 Å². The molecule has 2 aliphatic rings. The zero-order chi connectivity index (χ0) is 11.6. The van der Waals surface area contributed by atoms with Crippen molar-refractivity contribution in [3.8, 4) is 0 Å². The molecular formula is C12H23Cl2NSi. The zero-order valence-electron chi connectivity index (χ0n) is 10.1. The molecule has 0 aromatic carbocycles. The van der Waals surface area contributed by atoms with Gasteiger partial charge in [0.1, 0.15) is 0 Å². The van der Waals surface area contributed by atoms with Gasteiger partial charge >= 0.3 is 0 Å². The second-order valence-electron chi connectivity index (χ2n) is 5.69. The van der Waals surface area contributed by atoms with Crippen LogP contribution in [0.2, 0.25) is 12.6 Å². The lowest BCUT2D eigenvalue weighted by Gasteiger charge is -2.28. The van der Waals surface area contributed by atoms with E-state index in [9.17, 15) is 0 Å². The van der Waals surface area contributed by atoms with Gasteiger partial charge < -0.3 is 5.32 Å². The molecule has 2 rings (SSSR count). The Morgan fingerprint density at radius 1 is 1.25 bits per heavy atom. The van der Waals surface area contributed by atoms with Crippen LogP contribution in [0, 0.1) is 11.8 Å². The van der Waals surface area contributed by atoms with Crippen LogP contribution in [0.15, 0.2) is 0 Å². The molecule has 1 saturated carbocycles. The van der Waals surface area contributed by atoms with Crippen molar-refractivity contribution in [1.29, 1.82) is 0 Å². The number of hydrogen-bond donors (Lipinski definition) is 1. The average Bonchev–Trinajstić information content (AvgIpc) is 2.60. The lowest BCUT2D eigenvalue weighted by atomic mass is 9.78. The van der Waals surface area contributed by atoms with Crippen molar-refractivity contribution >= 4 is 28.9 Å². The second kappa shape index (κ2) is 5.60. The maximum Gasteiger partial charge on any atom is 0.248 e. The minimum atomic E-state index is -1.85. The fourth-order valence-electron chi connectivity index (χ4n) is 3.42. The summed E-state index contributed by atoms with van der Waals surface area (Å²) < 4.78 is 0. The molecule has 0 aromatic rings. The largest absolute Gasteiger partial charge is 0.313 e. The van der Waals surface area contributed by atoms with Crippen LogP contribution in [-0.2, 0) is 0 Å². The number of hydrogen-bond acceptors (Lipinski definition) is 1. The fraction of sp³-hybridized carbons (Fsp3) is 1.00. The average molecular weight is 280 g/mol. The zero-order valence-corrected chi connectivity index (χ0v) is 12.7. The summed E-state index contributed by atoms with van der Waals surface area (Å²) >= 11 is 12.3. The standard InChI is InChI=1S/C12H23Cl2NSi/c1-16(13,14)8-4-5-10-9-15-12-7-3-2-6-11(10)12/h10-12,15H,2-9H2,1H3. The molecule has 1 saturated heterocycles. The van der Waals surface area contributed by atoms with Gasteiger partial charge in [-0.25, -0.2) is 0 Å². The van der Waals surface area contributed by atoms with E-state index in [1.807, 2.05) is 6.55 Å². The number of rotatable bonds is 4. The van der Waals surface area contributed by atoms with Crippen LogP contribution in [0.5, 0.6) is 0 Å². The Morgan fingerprint density at radius 2 is 2.00 bits per heavy atom. The Balaban J connectivity index is 1.74. The third-order valence-electron chi connectivity index (χ3n) is 4.26. The van der Waals surface area contributed by atoms with Gasteiger partial charge in [0.2, 0.25) is 6.69 Å². The molecule has 0 spiro atoms. The van der Waals surface area contributed by atoms with Crippen LogP contribution >= 0.6 is 22.2 Å². The number of fused-ring (bicyclic) bond motifs is 1. The summed E-state index contributed by atoms with van der Waals surface area (Å²) in [6.45, 7) is 1.42. The van der Waals surface area contributed by atoms with Crippen molar-refractivity contribution in [3.05, 3.63) is 0 Å². The Morgan fingerprint density at radius 3 is 2.75 bits per heavy atom. The quantitative estimate of drug-likeness (QED) is 0.604. The van der Waals surface area contributed by atoms with Crippen molar-refractivity contribution < 1.29 is 0 Å². The van der Waals surface area contributed by atoms with Crippen molar-refractivity contribution in [2.24, 2.45) is 11.8 Å². The Hall–Kier alpha value is 0.757. The minimum absolute atomic E-state index is 0.828. The molecule has 94 valence electrons. The van der Waals surface area contributed by atoms with Gasteiger partial charge in [0.05, 0.1) is 0 Å². The molecule has 1 aliphatic carbocycles. The molecule has 2 fully saturated rings. The summed E-state index contributed by atoms with van der Waals surface area (Å²) in [5, 5.41) is 3.70. The Labute approximate surface area is 110 Å². The molecule has 4 heteroatoms. The van der Waals surface area contributed by atoms with Gasteiger partial charge in [0, 0.05) is 6.04 Å². The van der Waals surface area contributed by atoms with Crippen molar-refractivity contribution in [3.63, 3.8) is 0 Å². The first-order valence-corrected chi connectivity index (χ1v) is 11.4. The van der Waals surface area contributed by atoms with Crippen LogP contribution in [0.25, 0.3) is 0 Å². The number of halogens is 2. The molecular weight excluding hydrogens is 257 g/mol. The van der Waals surface area contributed by atoms with E-state index in [1.165, 1.54) is 45.1 Å². The summed E-state index contributed by atoms with van der Waals surface area (Å²) in [5.41, 5.74) is 0. The van der Waals surface area contributed by atoms with Crippen LogP contribution in [0.4, 0.5) is 0 Å². The summed E-state index contributed by atoms with van der Waals surface area (Å²) in [5.74, 6) is 1.85. The lowest BCUT2D eigenvalue weighted by molar-refractivity contribution is 0.264. The highest BCUT2D eigenvalue weighted by molar-refractivity contribution is 7.44. The van der Waals surface area contributed by atoms with Gasteiger partial charge in [0.25, 0.3) is 0 Å². The van der Waals surface area contributed by atoms with Gasteiger partial charge in [-0.1, -0.05) is 19.3 Å². The molecule has 16 heavy (non-hydrogen) atoms. The highest BCUT2D eigenvalue weighted by atomic mass is 35.7. The normalized spacial score (nSPS) is 35.1. The number of nitrogens with one attached hydrogen (secondary N) is 1. The van der Waals surface area contributed by atoms with E-state index in [4.69, 9.17) is 22.2 Å². The smallest absolute Gasteiger partial charge is 0.248 e. The first kappa shape index (κ1) is 13.2.